The second-order valence-corrected chi connectivity index (χ2v) is 8.35. The lowest BCUT2D eigenvalue weighted by molar-refractivity contribution is -0.118. The Kier molecular flexibility index (Phi) is 5.94. The molecule has 0 saturated heterocycles. The Hall–Kier alpha value is -4.58. The molecule has 35 heavy (non-hydrogen) atoms. The molecule has 174 valence electrons. The van der Waals surface area contributed by atoms with Crippen molar-refractivity contribution in [2.45, 2.75) is 13.8 Å². The van der Waals surface area contributed by atoms with Gasteiger partial charge in [-0.15, -0.1) is 0 Å². The van der Waals surface area contributed by atoms with Gasteiger partial charge < -0.3 is 19.2 Å². The van der Waals surface area contributed by atoms with E-state index in [1.807, 2.05) is 74.5 Å². The van der Waals surface area contributed by atoms with Crippen molar-refractivity contribution in [1.29, 1.82) is 0 Å². The first-order valence-corrected chi connectivity index (χ1v) is 11.2. The molecule has 5 rings (SSSR count). The SMILES string of the molecule is Cc1ccc(C)c(NC(=O)COc2ccc3c(=O)c(Oc4ccc5ccccc5c4)coc3c2)c1. The Morgan fingerprint density at radius 3 is 2.54 bits per heavy atom. The summed E-state index contributed by atoms with van der Waals surface area (Å²) in [5.41, 5.74) is 2.83. The Morgan fingerprint density at radius 2 is 1.69 bits per heavy atom. The number of hydrogen-bond acceptors (Lipinski definition) is 5. The number of aryl methyl sites for hydroxylation is 2. The lowest BCUT2D eigenvalue weighted by Gasteiger charge is -2.11. The highest BCUT2D eigenvalue weighted by Crippen LogP contribution is 2.26. The maximum Gasteiger partial charge on any atom is 0.262 e. The number of hydrogen-bond donors (Lipinski definition) is 1. The van der Waals surface area contributed by atoms with Gasteiger partial charge in [0.15, 0.2) is 6.61 Å². The summed E-state index contributed by atoms with van der Waals surface area (Å²) in [5.74, 6) is 0.777. The summed E-state index contributed by atoms with van der Waals surface area (Å²) < 4.78 is 17.1. The number of benzene rings is 4. The van der Waals surface area contributed by atoms with Crippen LogP contribution in [-0.4, -0.2) is 12.5 Å². The smallest absolute Gasteiger partial charge is 0.262 e. The number of carbonyl (C=O) groups is 1. The molecule has 0 fully saturated rings. The Morgan fingerprint density at radius 1 is 0.886 bits per heavy atom. The van der Waals surface area contributed by atoms with Gasteiger partial charge in [-0.1, -0.05) is 42.5 Å². The Bertz CT molecular complexity index is 1620. The fourth-order valence-electron chi connectivity index (χ4n) is 3.81. The van der Waals surface area contributed by atoms with Gasteiger partial charge in [-0.3, -0.25) is 9.59 Å². The molecule has 0 aliphatic carbocycles. The van der Waals surface area contributed by atoms with Crippen LogP contribution in [0.3, 0.4) is 0 Å². The monoisotopic (exact) mass is 465 g/mol. The number of carbonyl (C=O) groups excluding carboxylic acids is 1. The van der Waals surface area contributed by atoms with E-state index >= 15 is 0 Å². The van der Waals surface area contributed by atoms with Crippen LogP contribution in [0.2, 0.25) is 0 Å². The average Bonchev–Trinajstić information content (AvgIpc) is 2.86. The van der Waals surface area contributed by atoms with Crippen molar-refractivity contribution in [3.63, 3.8) is 0 Å². The van der Waals surface area contributed by atoms with Crippen molar-refractivity contribution in [2.24, 2.45) is 0 Å². The summed E-state index contributed by atoms with van der Waals surface area (Å²) in [6.45, 7) is 3.72. The quantitative estimate of drug-likeness (QED) is 0.315. The summed E-state index contributed by atoms with van der Waals surface area (Å²) in [6, 6.07) is 24.2. The minimum Gasteiger partial charge on any atom is -0.484 e. The van der Waals surface area contributed by atoms with Crippen LogP contribution < -0.4 is 20.2 Å². The summed E-state index contributed by atoms with van der Waals surface area (Å²) in [6.07, 6.45) is 1.29. The minimum atomic E-state index is -0.293. The zero-order valence-corrected chi connectivity index (χ0v) is 19.3. The molecule has 0 aliphatic rings. The maximum absolute atomic E-state index is 12.9. The normalized spacial score (nSPS) is 10.9. The van der Waals surface area contributed by atoms with E-state index in [1.54, 1.807) is 18.2 Å². The number of anilines is 1. The Balaban J connectivity index is 1.29. The summed E-state index contributed by atoms with van der Waals surface area (Å²) in [7, 11) is 0. The largest absolute Gasteiger partial charge is 0.484 e. The van der Waals surface area contributed by atoms with Gasteiger partial charge >= 0.3 is 0 Å². The summed E-state index contributed by atoms with van der Waals surface area (Å²) >= 11 is 0. The summed E-state index contributed by atoms with van der Waals surface area (Å²) in [4.78, 5) is 25.3. The molecule has 0 radical (unpaired) electrons. The van der Waals surface area contributed by atoms with Gasteiger partial charge in [0.2, 0.25) is 11.2 Å². The number of nitrogens with one attached hydrogen (secondary N) is 1. The van der Waals surface area contributed by atoms with E-state index in [-0.39, 0.29) is 23.7 Å². The molecule has 1 N–H and O–H groups in total. The van der Waals surface area contributed by atoms with Crippen LogP contribution in [0.1, 0.15) is 11.1 Å². The lowest BCUT2D eigenvalue weighted by Crippen LogP contribution is -2.20. The van der Waals surface area contributed by atoms with Crippen LogP contribution in [0.15, 0.2) is 94.3 Å². The van der Waals surface area contributed by atoms with E-state index in [0.717, 1.165) is 27.6 Å². The van der Waals surface area contributed by atoms with Gasteiger partial charge in [0.1, 0.15) is 23.3 Å². The molecular formula is C29H23NO5. The molecule has 0 spiro atoms. The van der Waals surface area contributed by atoms with Crippen LogP contribution in [-0.2, 0) is 4.79 Å². The fraction of sp³-hybridized carbons (Fsp3) is 0.103. The van der Waals surface area contributed by atoms with Gasteiger partial charge in [0.25, 0.3) is 5.91 Å². The van der Waals surface area contributed by atoms with Gasteiger partial charge in [-0.2, -0.15) is 0 Å². The van der Waals surface area contributed by atoms with Crippen molar-refractivity contribution >= 4 is 33.3 Å². The zero-order valence-electron chi connectivity index (χ0n) is 19.3. The molecule has 1 aromatic heterocycles. The zero-order chi connectivity index (χ0) is 24.4. The molecule has 1 amide bonds. The van der Waals surface area contributed by atoms with E-state index in [9.17, 15) is 9.59 Å². The van der Waals surface area contributed by atoms with Gasteiger partial charge in [-0.05, 0) is 66.1 Å². The highest BCUT2D eigenvalue weighted by atomic mass is 16.5. The molecule has 0 aliphatic heterocycles. The van der Waals surface area contributed by atoms with E-state index in [1.165, 1.54) is 6.26 Å². The summed E-state index contributed by atoms with van der Waals surface area (Å²) in [5, 5.41) is 5.31. The van der Waals surface area contributed by atoms with E-state index in [0.29, 0.717) is 22.5 Å². The van der Waals surface area contributed by atoms with Crippen molar-refractivity contribution in [2.75, 3.05) is 11.9 Å². The molecule has 4 aromatic carbocycles. The third-order valence-electron chi connectivity index (χ3n) is 5.70. The molecule has 5 aromatic rings. The van der Waals surface area contributed by atoms with Crippen molar-refractivity contribution in [3.05, 3.63) is 106 Å². The second-order valence-electron chi connectivity index (χ2n) is 8.35. The third-order valence-corrected chi connectivity index (χ3v) is 5.70. The average molecular weight is 466 g/mol. The Labute approximate surface area is 201 Å². The van der Waals surface area contributed by atoms with Crippen LogP contribution in [0, 0.1) is 13.8 Å². The molecule has 6 nitrogen and oxygen atoms in total. The maximum atomic E-state index is 12.9. The molecular weight excluding hydrogens is 442 g/mol. The number of ether oxygens (including phenoxy) is 2. The van der Waals surface area contributed by atoms with E-state index < -0.39 is 0 Å². The van der Waals surface area contributed by atoms with Crippen molar-refractivity contribution < 1.29 is 18.7 Å². The third kappa shape index (κ3) is 4.87. The first-order chi connectivity index (χ1) is 17.0. The van der Waals surface area contributed by atoms with E-state index in [2.05, 4.69) is 5.32 Å². The topological polar surface area (TPSA) is 77.8 Å². The number of rotatable bonds is 6. The molecule has 0 atom stereocenters. The molecule has 0 bridgehead atoms. The molecule has 6 heteroatoms. The van der Waals surface area contributed by atoms with Gasteiger partial charge in [0, 0.05) is 11.8 Å². The van der Waals surface area contributed by atoms with Gasteiger partial charge in [0.05, 0.1) is 5.39 Å². The van der Waals surface area contributed by atoms with Gasteiger partial charge in [-0.25, -0.2) is 0 Å². The molecule has 0 unspecified atom stereocenters. The molecule has 0 saturated carbocycles. The van der Waals surface area contributed by atoms with Crippen LogP contribution in [0.5, 0.6) is 17.2 Å². The predicted molar refractivity (Wildman–Crippen MR) is 137 cm³/mol. The minimum absolute atomic E-state index is 0.0920. The predicted octanol–water partition coefficient (Wildman–Crippen LogP) is 6.37. The van der Waals surface area contributed by atoms with Crippen LogP contribution in [0.4, 0.5) is 5.69 Å². The first-order valence-electron chi connectivity index (χ1n) is 11.2. The first kappa shape index (κ1) is 22.2. The number of amides is 1. The number of fused-ring (bicyclic) bond motifs is 2. The van der Waals surface area contributed by atoms with Crippen LogP contribution in [0.25, 0.3) is 21.7 Å². The van der Waals surface area contributed by atoms with Crippen LogP contribution >= 0.6 is 0 Å². The van der Waals surface area contributed by atoms with Crippen molar-refractivity contribution in [3.8, 4) is 17.2 Å². The fourth-order valence-corrected chi connectivity index (χ4v) is 3.81. The molecule has 1 heterocycles. The highest BCUT2D eigenvalue weighted by Gasteiger charge is 2.12. The highest BCUT2D eigenvalue weighted by molar-refractivity contribution is 5.92. The van der Waals surface area contributed by atoms with Crippen molar-refractivity contribution in [1.82, 2.24) is 0 Å². The second kappa shape index (κ2) is 9.35. The van der Waals surface area contributed by atoms with E-state index in [4.69, 9.17) is 13.9 Å². The standard InChI is InChI=1S/C29H23NO5/c1-18-7-8-19(2)25(13-18)30-28(31)17-33-22-11-12-24-26(15-22)34-16-27(29(24)32)35-23-10-9-20-5-3-4-6-21(20)14-23/h3-16H,17H2,1-2H3,(H,30,31). The lowest BCUT2D eigenvalue weighted by atomic mass is 10.1.